The Morgan fingerprint density at radius 2 is 0.882 bits per heavy atom. The lowest BCUT2D eigenvalue weighted by atomic mass is 10.0. The van der Waals surface area contributed by atoms with Gasteiger partial charge in [0.25, 0.3) is 0 Å². The van der Waals surface area contributed by atoms with Crippen LogP contribution in [0.5, 0.6) is 0 Å². The van der Waals surface area contributed by atoms with Gasteiger partial charge in [-0.1, -0.05) is 123 Å². The molecule has 0 radical (unpaired) electrons. The summed E-state index contributed by atoms with van der Waals surface area (Å²) in [4.78, 5) is 22.9. The summed E-state index contributed by atoms with van der Waals surface area (Å²) >= 11 is 0. The number of carboxylic acid groups (broad SMARTS) is 1. The van der Waals surface area contributed by atoms with Crippen LogP contribution in [0.25, 0.3) is 0 Å². The van der Waals surface area contributed by atoms with E-state index in [1.807, 2.05) is 0 Å². The number of carbonyl (C=O) groups excluding carboxylic acids is 1. The van der Waals surface area contributed by atoms with Crippen molar-refractivity contribution in [1.82, 2.24) is 0 Å². The lowest BCUT2D eigenvalue weighted by Crippen LogP contribution is -2.18. The topological polar surface area (TPSA) is 63.6 Å². The Bertz CT molecular complexity index is 449. The number of hydrogen-bond donors (Lipinski definition) is 1. The molecule has 0 saturated carbocycles. The van der Waals surface area contributed by atoms with Crippen LogP contribution < -0.4 is 0 Å². The van der Waals surface area contributed by atoms with Crippen molar-refractivity contribution in [2.45, 2.75) is 180 Å². The molecule has 0 spiro atoms. The van der Waals surface area contributed by atoms with E-state index >= 15 is 0 Å². The quantitative estimate of drug-likeness (QED) is 0.0934. The van der Waals surface area contributed by atoms with Crippen LogP contribution in [0.2, 0.25) is 0 Å². The molecule has 4 nitrogen and oxygen atoms in total. The average Bonchev–Trinajstić information content (AvgIpc) is 2.81. The summed E-state index contributed by atoms with van der Waals surface area (Å²) in [7, 11) is 0. The van der Waals surface area contributed by atoms with Crippen molar-refractivity contribution in [3.63, 3.8) is 0 Å². The Labute approximate surface area is 212 Å². The molecule has 0 amide bonds. The third-order valence-electron chi connectivity index (χ3n) is 6.83. The number of esters is 1. The van der Waals surface area contributed by atoms with Gasteiger partial charge in [0.05, 0.1) is 0 Å². The van der Waals surface area contributed by atoms with E-state index in [1.54, 1.807) is 0 Å². The van der Waals surface area contributed by atoms with Crippen LogP contribution in [0, 0.1) is 0 Å². The van der Waals surface area contributed by atoms with Gasteiger partial charge in [0.2, 0.25) is 0 Å². The Morgan fingerprint density at radius 3 is 1.35 bits per heavy atom. The monoisotopic (exact) mass is 482 g/mol. The van der Waals surface area contributed by atoms with Crippen LogP contribution >= 0.6 is 0 Å². The maximum absolute atomic E-state index is 12.4. The molecule has 0 aromatic rings. The van der Waals surface area contributed by atoms with Crippen LogP contribution in [-0.4, -0.2) is 23.1 Å². The molecule has 1 atom stereocenters. The zero-order valence-corrected chi connectivity index (χ0v) is 22.9. The molecule has 0 rings (SSSR count). The van der Waals surface area contributed by atoms with E-state index < -0.39 is 5.97 Å². The number of unbranched alkanes of at least 4 members (excludes halogenated alkanes) is 18. The molecule has 0 heterocycles. The lowest BCUT2D eigenvalue weighted by Gasteiger charge is -2.18. The minimum Gasteiger partial charge on any atom is -0.481 e. The number of aliphatic carboxylic acids is 1. The van der Waals surface area contributed by atoms with Gasteiger partial charge < -0.3 is 9.84 Å². The fourth-order valence-electron chi connectivity index (χ4n) is 4.59. The van der Waals surface area contributed by atoms with E-state index in [0.29, 0.717) is 12.8 Å². The van der Waals surface area contributed by atoms with Crippen molar-refractivity contribution in [3.05, 3.63) is 0 Å². The number of ether oxygens (including phenoxy) is 1. The van der Waals surface area contributed by atoms with Crippen molar-refractivity contribution in [3.8, 4) is 0 Å². The second-order valence-corrected chi connectivity index (χ2v) is 10.3. The second-order valence-electron chi connectivity index (χ2n) is 10.3. The van der Waals surface area contributed by atoms with Gasteiger partial charge in [0, 0.05) is 12.8 Å². The largest absolute Gasteiger partial charge is 0.481 e. The SMILES string of the molecule is CCCCCCCCCCCCCC(=O)OC(CCCCC)CCCCCCCCCC(=O)O. The summed E-state index contributed by atoms with van der Waals surface area (Å²) in [6, 6.07) is 0. The summed E-state index contributed by atoms with van der Waals surface area (Å²) in [5.41, 5.74) is 0. The summed E-state index contributed by atoms with van der Waals surface area (Å²) in [5.74, 6) is -0.678. The zero-order valence-electron chi connectivity index (χ0n) is 22.9. The number of hydrogen-bond acceptors (Lipinski definition) is 3. The Balaban J connectivity index is 3.79. The fraction of sp³-hybridized carbons (Fsp3) is 0.933. The number of carboxylic acids is 1. The van der Waals surface area contributed by atoms with Crippen molar-refractivity contribution < 1.29 is 19.4 Å². The lowest BCUT2D eigenvalue weighted by molar-refractivity contribution is -0.150. The molecule has 1 N–H and O–H groups in total. The summed E-state index contributed by atoms with van der Waals surface area (Å²) < 4.78 is 5.88. The van der Waals surface area contributed by atoms with Gasteiger partial charge in [-0.15, -0.1) is 0 Å². The van der Waals surface area contributed by atoms with E-state index in [-0.39, 0.29) is 12.1 Å². The predicted octanol–water partition coefficient (Wildman–Crippen LogP) is 9.78. The molecule has 0 bridgehead atoms. The predicted molar refractivity (Wildman–Crippen MR) is 144 cm³/mol. The normalized spacial score (nSPS) is 12.1. The number of rotatable bonds is 27. The van der Waals surface area contributed by atoms with E-state index in [4.69, 9.17) is 9.84 Å². The van der Waals surface area contributed by atoms with E-state index in [2.05, 4.69) is 13.8 Å². The smallest absolute Gasteiger partial charge is 0.306 e. The summed E-state index contributed by atoms with van der Waals surface area (Å²) in [6.45, 7) is 4.48. The molecule has 1 unspecified atom stereocenters. The van der Waals surface area contributed by atoms with E-state index in [9.17, 15) is 9.59 Å². The zero-order chi connectivity index (χ0) is 25.1. The fourth-order valence-corrected chi connectivity index (χ4v) is 4.59. The van der Waals surface area contributed by atoms with Gasteiger partial charge in [-0.2, -0.15) is 0 Å². The molecule has 0 saturated heterocycles. The highest BCUT2D eigenvalue weighted by molar-refractivity contribution is 5.69. The first-order valence-electron chi connectivity index (χ1n) is 15.0. The van der Waals surface area contributed by atoms with Gasteiger partial charge in [-0.25, -0.2) is 0 Å². The highest BCUT2D eigenvalue weighted by Gasteiger charge is 2.14. The van der Waals surface area contributed by atoms with Crippen LogP contribution in [0.15, 0.2) is 0 Å². The average molecular weight is 483 g/mol. The maximum atomic E-state index is 12.4. The van der Waals surface area contributed by atoms with Gasteiger partial charge in [0.1, 0.15) is 6.10 Å². The van der Waals surface area contributed by atoms with E-state index in [0.717, 1.165) is 57.8 Å². The molecule has 0 aliphatic heterocycles. The van der Waals surface area contributed by atoms with Crippen molar-refractivity contribution in [2.75, 3.05) is 0 Å². The summed E-state index contributed by atoms with van der Waals surface area (Å²) in [6.07, 6.45) is 28.4. The number of carbonyl (C=O) groups is 2. The van der Waals surface area contributed by atoms with Gasteiger partial charge >= 0.3 is 11.9 Å². The molecule has 0 fully saturated rings. The molecule has 202 valence electrons. The highest BCUT2D eigenvalue weighted by atomic mass is 16.5. The summed E-state index contributed by atoms with van der Waals surface area (Å²) in [5, 5.41) is 8.67. The standard InChI is InChI=1S/C30H58O4/c1-3-5-7-8-9-10-11-12-16-19-23-27-30(33)34-28(24-20-6-4-2)25-21-17-14-13-15-18-22-26-29(31)32/h28H,3-27H2,1-2H3,(H,31,32). The molecule has 0 aliphatic rings. The van der Waals surface area contributed by atoms with Gasteiger partial charge in [-0.05, 0) is 38.5 Å². The highest BCUT2D eigenvalue weighted by Crippen LogP contribution is 2.18. The van der Waals surface area contributed by atoms with Crippen LogP contribution in [0.1, 0.15) is 174 Å². The molecule has 0 aliphatic carbocycles. The van der Waals surface area contributed by atoms with Crippen molar-refractivity contribution >= 4 is 11.9 Å². The molecule has 0 aromatic heterocycles. The molecular weight excluding hydrogens is 424 g/mol. The Hall–Kier alpha value is -1.06. The first kappa shape index (κ1) is 32.9. The van der Waals surface area contributed by atoms with Crippen LogP contribution in [0.4, 0.5) is 0 Å². The van der Waals surface area contributed by atoms with Crippen LogP contribution in [-0.2, 0) is 14.3 Å². The van der Waals surface area contributed by atoms with Gasteiger partial charge in [-0.3, -0.25) is 9.59 Å². The van der Waals surface area contributed by atoms with Crippen LogP contribution in [0.3, 0.4) is 0 Å². The maximum Gasteiger partial charge on any atom is 0.306 e. The van der Waals surface area contributed by atoms with E-state index in [1.165, 1.54) is 89.9 Å². The molecule has 34 heavy (non-hydrogen) atoms. The second kappa shape index (κ2) is 26.5. The molecular formula is C30H58O4. The van der Waals surface area contributed by atoms with Gasteiger partial charge in [0.15, 0.2) is 0 Å². The third kappa shape index (κ3) is 25.6. The Kier molecular flexibility index (Phi) is 25.7. The minimum atomic E-state index is -0.688. The Morgan fingerprint density at radius 1 is 0.529 bits per heavy atom. The first-order chi connectivity index (χ1) is 16.6. The molecule has 4 heteroatoms. The van der Waals surface area contributed by atoms with Crippen molar-refractivity contribution in [1.29, 1.82) is 0 Å². The third-order valence-corrected chi connectivity index (χ3v) is 6.83. The van der Waals surface area contributed by atoms with Crippen molar-refractivity contribution in [2.24, 2.45) is 0 Å². The first-order valence-corrected chi connectivity index (χ1v) is 15.0. The minimum absolute atomic E-state index is 0.0100. The molecule has 0 aromatic carbocycles.